The summed E-state index contributed by atoms with van der Waals surface area (Å²) >= 11 is 7.14. The van der Waals surface area contributed by atoms with Crippen LogP contribution in [0, 0.1) is 0 Å². The molecule has 0 saturated carbocycles. The molecule has 1 aromatic carbocycles. The molecule has 0 bridgehead atoms. The van der Waals surface area contributed by atoms with E-state index in [1.54, 1.807) is 20.5 Å². The molecular weight excluding hydrogens is 364 g/mol. The third-order valence-electron chi connectivity index (χ3n) is 2.57. The minimum atomic E-state index is -0.0401. The van der Waals surface area contributed by atoms with Crippen molar-refractivity contribution in [1.82, 2.24) is 0 Å². The van der Waals surface area contributed by atoms with Crippen molar-refractivity contribution in [1.29, 1.82) is 0 Å². The number of benzene rings is 1. The lowest BCUT2D eigenvalue weighted by Crippen LogP contribution is -1.97. The maximum Gasteiger partial charge on any atom is 0.161 e. The Hall–Kier alpha value is -0.940. The van der Waals surface area contributed by atoms with E-state index in [2.05, 4.69) is 31.9 Å². The maximum atomic E-state index is 5.39. The van der Waals surface area contributed by atoms with E-state index < -0.39 is 0 Å². The van der Waals surface area contributed by atoms with Gasteiger partial charge in [0, 0.05) is 4.47 Å². The molecule has 1 aromatic heterocycles. The summed E-state index contributed by atoms with van der Waals surface area (Å²) in [6.45, 7) is 0. The van der Waals surface area contributed by atoms with Gasteiger partial charge in [0.25, 0.3) is 0 Å². The van der Waals surface area contributed by atoms with E-state index in [0.717, 1.165) is 15.8 Å². The average molecular weight is 376 g/mol. The van der Waals surface area contributed by atoms with Gasteiger partial charge in [0.05, 0.1) is 25.3 Å². The highest BCUT2D eigenvalue weighted by Crippen LogP contribution is 2.41. The van der Waals surface area contributed by atoms with Gasteiger partial charge in [-0.15, -0.1) is 0 Å². The van der Waals surface area contributed by atoms with Crippen LogP contribution in [-0.4, -0.2) is 14.2 Å². The van der Waals surface area contributed by atoms with Crippen LogP contribution < -0.4 is 9.47 Å². The van der Waals surface area contributed by atoms with E-state index in [1.165, 1.54) is 0 Å². The molecule has 0 radical (unpaired) electrons. The van der Waals surface area contributed by atoms with Gasteiger partial charge in [-0.05, 0) is 29.8 Å². The van der Waals surface area contributed by atoms with E-state index in [4.69, 9.17) is 13.9 Å². The van der Waals surface area contributed by atoms with Gasteiger partial charge >= 0.3 is 0 Å². The summed E-state index contributed by atoms with van der Waals surface area (Å²) in [4.78, 5) is -0.0401. The quantitative estimate of drug-likeness (QED) is 0.735. The van der Waals surface area contributed by atoms with Crippen LogP contribution in [0.2, 0.25) is 0 Å². The molecule has 0 aliphatic rings. The second-order valence-electron chi connectivity index (χ2n) is 3.61. The normalized spacial score (nSPS) is 12.2. The second-order valence-corrected chi connectivity index (χ2v) is 5.38. The molecule has 96 valence electrons. The van der Waals surface area contributed by atoms with Crippen LogP contribution in [0.25, 0.3) is 0 Å². The number of furan rings is 1. The fourth-order valence-corrected chi connectivity index (χ4v) is 3.15. The minimum Gasteiger partial charge on any atom is -0.493 e. The summed E-state index contributed by atoms with van der Waals surface area (Å²) < 4.78 is 16.9. The molecule has 0 fully saturated rings. The van der Waals surface area contributed by atoms with Gasteiger partial charge in [-0.25, -0.2) is 0 Å². The highest BCUT2D eigenvalue weighted by atomic mass is 79.9. The van der Waals surface area contributed by atoms with Crippen molar-refractivity contribution < 1.29 is 13.9 Å². The number of alkyl halides is 1. The zero-order valence-corrected chi connectivity index (χ0v) is 13.1. The molecule has 0 aliphatic carbocycles. The van der Waals surface area contributed by atoms with Gasteiger partial charge in [0.15, 0.2) is 11.5 Å². The molecule has 0 aliphatic heterocycles. The fourth-order valence-electron chi connectivity index (χ4n) is 1.65. The van der Waals surface area contributed by atoms with Gasteiger partial charge < -0.3 is 13.9 Å². The van der Waals surface area contributed by atoms with Crippen LogP contribution in [0.5, 0.6) is 11.5 Å². The Bertz CT molecular complexity index is 523. The van der Waals surface area contributed by atoms with Crippen molar-refractivity contribution in [3.8, 4) is 11.5 Å². The molecule has 2 rings (SSSR count). The van der Waals surface area contributed by atoms with Gasteiger partial charge in [0.1, 0.15) is 5.76 Å². The summed E-state index contributed by atoms with van der Waals surface area (Å²) in [5.41, 5.74) is 1.02. The number of rotatable bonds is 4. The van der Waals surface area contributed by atoms with Gasteiger partial charge in [-0.1, -0.05) is 31.9 Å². The van der Waals surface area contributed by atoms with Gasteiger partial charge in [0.2, 0.25) is 0 Å². The lowest BCUT2D eigenvalue weighted by atomic mass is 10.1. The molecular formula is C13H12Br2O3. The lowest BCUT2D eigenvalue weighted by molar-refractivity contribution is 0.354. The molecule has 2 aromatic rings. The number of ether oxygens (including phenoxy) is 2. The third kappa shape index (κ3) is 2.57. The summed E-state index contributed by atoms with van der Waals surface area (Å²) in [6, 6.07) is 7.58. The van der Waals surface area contributed by atoms with Gasteiger partial charge in [-0.2, -0.15) is 0 Å². The second kappa shape index (κ2) is 5.80. The predicted octanol–water partition coefficient (Wildman–Crippen LogP) is 4.54. The van der Waals surface area contributed by atoms with E-state index in [1.807, 2.05) is 24.3 Å². The molecule has 1 atom stereocenters. The van der Waals surface area contributed by atoms with Crippen LogP contribution in [0.1, 0.15) is 16.2 Å². The molecule has 18 heavy (non-hydrogen) atoms. The summed E-state index contributed by atoms with van der Waals surface area (Å²) in [5, 5.41) is 0. The first kappa shape index (κ1) is 13.5. The standard InChI is InChI=1S/C13H12Br2O3/c1-16-11-6-8(9(14)7-12(11)17-2)13(15)10-4-3-5-18-10/h3-7,13H,1-2H3. The SMILES string of the molecule is COc1cc(Br)c(C(Br)c2ccco2)cc1OC. The van der Waals surface area contributed by atoms with Crippen molar-refractivity contribution in [2.24, 2.45) is 0 Å². The zero-order valence-electron chi connectivity index (χ0n) is 9.94. The average Bonchev–Trinajstić information content (AvgIpc) is 2.91. The Balaban J connectivity index is 2.45. The molecule has 5 heteroatoms. The molecule has 0 saturated heterocycles. The molecule has 3 nitrogen and oxygen atoms in total. The molecule has 1 unspecified atom stereocenters. The Morgan fingerprint density at radius 3 is 2.39 bits per heavy atom. The Morgan fingerprint density at radius 2 is 1.83 bits per heavy atom. The Morgan fingerprint density at radius 1 is 1.17 bits per heavy atom. The number of hydrogen-bond acceptors (Lipinski definition) is 3. The highest BCUT2D eigenvalue weighted by Gasteiger charge is 2.19. The molecule has 0 N–H and O–H groups in total. The van der Waals surface area contributed by atoms with Crippen molar-refractivity contribution in [3.05, 3.63) is 46.3 Å². The monoisotopic (exact) mass is 374 g/mol. The fraction of sp³-hybridized carbons (Fsp3) is 0.231. The molecule has 1 heterocycles. The largest absolute Gasteiger partial charge is 0.493 e. The molecule has 0 amide bonds. The van der Waals surface area contributed by atoms with Crippen LogP contribution in [0.15, 0.2) is 39.4 Å². The number of hydrogen-bond donors (Lipinski definition) is 0. The topological polar surface area (TPSA) is 31.6 Å². The first-order chi connectivity index (χ1) is 8.67. The van der Waals surface area contributed by atoms with Gasteiger partial charge in [-0.3, -0.25) is 0 Å². The smallest absolute Gasteiger partial charge is 0.161 e. The Kier molecular flexibility index (Phi) is 4.35. The first-order valence-electron chi connectivity index (χ1n) is 5.26. The van der Waals surface area contributed by atoms with E-state index in [0.29, 0.717) is 11.5 Å². The van der Waals surface area contributed by atoms with E-state index in [9.17, 15) is 0 Å². The lowest BCUT2D eigenvalue weighted by Gasteiger charge is -2.14. The number of methoxy groups -OCH3 is 2. The minimum absolute atomic E-state index is 0.0401. The molecule has 0 spiro atoms. The Labute approximate surface area is 122 Å². The van der Waals surface area contributed by atoms with Crippen molar-refractivity contribution in [2.45, 2.75) is 4.83 Å². The van der Waals surface area contributed by atoms with Crippen LogP contribution in [-0.2, 0) is 0 Å². The van der Waals surface area contributed by atoms with Crippen molar-refractivity contribution >= 4 is 31.9 Å². The summed E-state index contributed by atoms with van der Waals surface area (Å²) in [5.74, 6) is 2.21. The van der Waals surface area contributed by atoms with Crippen molar-refractivity contribution in [2.75, 3.05) is 14.2 Å². The predicted molar refractivity (Wildman–Crippen MR) is 76.7 cm³/mol. The maximum absolute atomic E-state index is 5.39. The van der Waals surface area contributed by atoms with E-state index >= 15 is 0 Å². The van der Waals surface area contributed by atoms with E-state index in [-0.39, 0.29) is 4.83 Å². The third-order valence-corrected chi connectivity index (χ3v) is 4.20. The number of halogens is 2. The van der Waals surface area contributed by atoms with Crippen LogP contribution >= 0.6 is 31.9 Å². The summed E-state index contributed by atoms with van der Waals surface area (Å²) in [6.07, 6.45) is 1.65. The highest BCUT2D eigenvalue weighted by molar-refractivity contribution is 9.11. The first-order valence-corrected chi connectivity index (χ1v) is 6.97. The van der Waals surface area contributed by atoms with Crippen LogP contribution in [0.4, 0.5) is 0 Å². The summed E-state index contributed by atoms with van der Waals surface area (Å²) in [7, 11) is 3.23. The van der Waals surface area contributed by atoms with Crippen molar-refractivity contribution in [3.63, 3.8) is 0 Å². The van der Waals surface area contributed by atoms with Crippen LogP contribution in [0.3, 0.4) is 0 Å². The zero-order chi connectivity index (χ0) is 13.1.